The number of hydrogen-bond acceptors (Lipinski definition) is 11. The van der Waals surface area contributed by atoms with Gasteiger partial charge in [-0.1, -0.05) is 35.9 Å². The van der Waals surface area contributed by atoms with E-state index in [0.29, 0.717) is 36.9 Å². The first kappa shape index (κ1) is 46.2. The average Bonchev–Trinajstić information content (AvgIpc) is 3.18. The normalized spacial score (nSPS) is 15.0. The molecule has 318 valence electrons. The molecule has 0 radical (unpaired) electrons. The van der Waals surface area contributed by atoms with Crippen molar-refractivity contribution < 1.29 is 28.3 Å². The SMILES string of the molecule is CN(C)CCNC(=O)COc1cccc(CCC[N+]2(CCCc3cccc(OCC(=O)NCCN(C)C)c3)CCC[C@H](CCCC(=O)c3nc(Cl)c(N)nc3N)C2)c1. The predicted octanol–water partition coefficient (Wildman–Crippen LogP) is 4.25. The number of hydrogen-bond donors (Lipinski definition) is 4. The lowest BCUT2D eigenvalue weighted by molar-refractivity contribution is -0.936. The third kappa shape index (κ3) is 16.4. The second-order valence-corrected chi connectivity index (χ2v) is 16.4. The smallest absolute Gasteiger partial charge is 0.257 e. The molecule has 1 aliphatic rings. The van der Waals surface area contributed by atoms with Crippen molar-refractivity contribution in [1.29, 1.82) is 0 Å². The number of nitrogens with two attached hydrogens (primary N) is 2. The first-order valence-corrected chi connectivity index (χ1v) is 20.9. The van der Waals surface area contributed by atoms with Crippen molar-refractivity contribution in [3.8, 4) is 11.5 Å². The van der Waals surface area contributed by atoms with Gasteiger partial charge in [0.2, 0.25) is 0 Å². The number of amides is 2. The standard InChI is InChI=1S/C43H64ClN9O5/c1-51(2)22-20-47-38(55)30-57-35-17-5-11-32(27-35)14-8-24-53(25-9-15-33-12-6-18-36(28-33)58-31-39(56)48-21-23-52(3)4)26-10-16-34(29-53)13-7-19-37(54)40-42(45)50-43(46)41(44)49-40/h5-6,11-12,17-18,27-28,34H,7-10,13-16,19-26,29-31H2,1-4H3,(H5-,45,46,47,48,50,54,55,56)/p+1/t34-/m0/s1. The molecule has 2 aromatic carbocycles. The molecule has 0 unspecified atom stereocenters. The molecular formula is C43H65ClN9O5+. The van der Waals surface area contributed by atoms with Gasteiger partial charge in [0.15, 0.2) is 35.8 Å². The molecule has 1 atom stereocenters. The molecule has 2 amide bonds. The van der Waals surface area contributed by atoms with Gasteiger partial charge in [0, 0.05) is 51.4 Å². The monoisotopic (exact) mass is 822 g/mol. The van der Waals surface area contributed by atoms with Crippen LogP contribution in [-0.2, 0) is 22.4 Å². The number of Topliss-reactive ketones (excluding diaryl/α,β-unsaturated/α-hetero) is 1. The summed E-state index contributed by atoms with van der Waals surface area (Å²) in [5.74, 6) is 1.47. The number of quaternary nitrogens is 1. The van der Waals surface area contributed by atoms with E-state index in [9.17, 15) is 14.4 Å². The average molecular weight is 824 g/mol. The van der Waals surface area contributed by atoms with E-state index in [0.717, 1.165) is 95.1 Å². The number of nitrogen functional groups attached to an aromatic ring is 2. The zero-order valence-electron chi connectivity index (χ0n) is 34.9. The maximum Gasteiger partial charge on any atom is 0.257 e. The number of piperidine rings is 1. The van der Waals surface area contributed by atoms with Gasteiger partial charge in [-0.25, -0.2) is 9.97 Å². The quantitative estimate of drug-likeness (QED) is 0.0710. The summed E-state index contributed by atoms with van der Waals surface area (Å²) in [5.41, 5.74) is 14.1. The molecule has 1 aromatic heterocycles. The van der Waals surface area contributed by atoms with Crippen molar-refractivity contribution in [2.45, 2.75) is 57.8 Å². The molecule has 0 aliphatic carbocycles. The van der Waals surface area contributed by atoms with E-state index in [1.807, 2.05) is 74.4 Å². The van der Waals surface area contributed by atoms with Crippen LogP contribution in [0, 0.1) is 5.92 Å². The zero-order chi connectivity index (χ0) is 41.9. The Morgan fingerprint density at radius 3 is 1.90 bits per heavy atom. The molecule has 2 heterocycles. The summed E-state index contributed by atoms with van der Waals surface area (Å²) in [5, 5.41) is 5.77. The maximum absolute atomic E-state index is 13.0. The molecule has 15 heteroatoms. The Morgan fingerprint density at radius 2 is 1.36 bits per heavy atom. The number of halogens is 1. The molecular weight excluding hydrogens is 758 g/mol. The van der Waals surface area contributed by atoms with E-state index in [1.165, 1.54) is 11.1 Å². The van der Waals surface area contributed by atoms with E-state index in [1.54, 1.807) is 0 Å². The van der Waals surface area contributed by atoms with Crippen molar-refractivity contribution in [3.63, 3.8) is 0 Å². The molecule has 4 rings (SSSR count). The van der Waals surface area contributed by atoms with Gasteiger partial charge in [0.25, 0.3) is 11.8 Å². The minimum Gasteiger partial charge on any atom is -0.484 e. The number of aryl methyl sites for hydroxylation is 2. The van der Waals surface area contributed by atoms with E-state index >= 15 is 0 Å². The van der Waals surface area contributed by atoms with Gasteiger partial charge in [0.1, 0.15) is 17.2 Å². The van der Waals surface area contributed by atoms with Gasteiger partial charge in [-0.15, -0.1) is 0 Å². The molecule has 1 saturated heterocycles. The Morgan fingerprint density at radius 1 is 0.810 bits per heavy atom. The number of nitrogens with one attached hydrogen (secondary N) is 2. The predicted molar refractivity (Wildman–Crippen MR) is 230 cm³/mol. The largest absolute Gasteiger partial charge is 0.484 e. The second kappa shape index (κ2) is 23.8. The number of likely N-dealkylation sites (N-methyl/N-ethyl adjacent to an activating group) is 2. The van der Waals surface area contributed by atoms with Crippen LogP contribution in [0.2, 0.25) is 5.15 Å². The van der Waals surface area contributed by atoms with Gasteiger partial charge in [-0.2, -0.15) is 0 Å². The van der Waals surface area contributed by atoms with Gasteiger partial charge in [0.05, 0.1) is 26.2 Å². The fourth-order valence-electron chi connectivity index (χ4n) is 7.57. The Bertz CT molecular complexity index is 1700. The summed E-state index contributed by atoms with van der Waals surface area (Å²) < 4.78 is 12.7. The highest BCUT2D eigenvalue weighted by molar-refractivity contribution is 6.31. The number of carbonyl (C=O) groups excluding carboxylic acids is 3. The molecule has 0 spiro atoms. The van der Waals surface area contributed by atoms with Gasteiger partial charge in [-0.3, -0.25) is 14.4 Å². The number of anilines is 2. The highest BCUT2D eigenvalue weighted by Gasteiger charge is 2.34. The van der Waals surface area contributed by atoms with Crippen LogP contribution in [0.25, 0.3) is 0 Å². The number of aromatic nitrogens is 2. The van der Waals surface area contributed by atoms with Crippen molar-refractivity contribution in [2.24, 2.45) is 5.92 Å². The summed E-state index contributed by atoms with van der Waals surface area (Å²) in [7, 11) is 7.88. The number of rotatable bonds is 25. The van der Waals surface area contributed by atoms with Gasteiger partial charge >= 0.3 is 0 Å². The van der Waals surface area contributed by atoms with Crippen LogP contribution < -0.4 is 31.6 Å². The highest BCUT2D eigenvalue weighted by atomic mass is 35.5. The molecule has 1 fully saturated rings. The van der Waals surface area contributed by atoms with Crippen molar-refractivity contribution >= 4 is 40.8 Å². The lowest BCUT2D eigenvalue weighted by Gasteiger charge is -2.45. The van der Waals surface area contributed by atoms with Crippen LogP contribution >= 0.6 is 11.6 Å². The molecule has 3 aromatic rings. The summed E-state index contributed by atoms with van der Waals surface area (Å²) in [4.78, 5) is 49.7. The van der Waals surface area contributed by atoms with Crippen molar-refractivity contribution in [1.82, 2.24) is 30.4 Å². The summed E-state index contributed by atoms with van der Waals surface area (Å²) in [6.45, 7) is 6.92. The maximum atomic E-state index is 13.0. The molecule has 0 saturated carbocycles. The number of carbonyl (C=O) groups is 3. The third-order valence-corrected chi connectivity index (χ3v) is 10.8. The Balaban J connectivity index is 1.35. The Kier molecular flexibility index (Phi) is 18.9. The van der Waals surface area contributed by atoms with Crippen LogP contribution in [0.5, 0.6) is 11.5 Å². The Hall–Kier alpha value is -4.50. The number of benzene rings is 2. The summed E-state index contributed by atoms with van der Waals surface area (Å²) >= 11 is 6.04. The number of nitrogens with zero attached hydrogens (tertiary/aromatic N) is 5. The summed E-state index contributed by atoms with van der Waals surface area (Å²) in [6, 6.07) is 16.1. The van der Waals surface area contributed by atoms with Crippen LogP contribution in [0.15, 0.2) is 48.5 Å². The summed E-state index contributed by atoms with van der Waals surface area (Å²) in [6.07, 6.45) is 8.07. The molecule has 1 aliphatic heterocycles. The minimum absolute atomic E-state index is 0.0108. The van der Waals surface area contributed by atoms with E-state index < -0.39 is 0 Å². The number of likely N-dealkylation sites (tertiary alicyclic amines) is 1. The van der Waals surface area contributed by atoms with Crippen molar-refractivity contribution in [3.05, 3.63) is 70.5 Å². The van der Waals surface area contributed by atoms with Gasteiger partial charge < -0.3 is 45.9 Å². The van der Waals surface area contributed by atoms with Crippen LogP contribution in [0.4, 0.5) is 11.6 Å². The Labute approximate surface area is 349 Å². The van der Waals surface area contributed by atoms with Crippen LogP contribution in [0.3, 0.4) is 0 Å². The lowest BCUT2D eigenvalue weighted by Crippen LogP contribution is -2.55. The van der Waals surface area contributed by atoms with Crippen molar-refractivity contribution in [2.75, 3.05) is 105 Å². The topological polar surface area (TPSA) is 178 Å². The molecule has 0 bridgehead atoms. The highest BCUT2D eigenvalue weighted by Crippen LogP contribution is 2.30. The first-order valence-electron chi connectivity index (χ1n) is 20.5. The van der Waals surface area contributed by atoms with E-state index in [4.69, 9.17) is 32.5 Å². The van der Waals surface area contributed by atoms with E-state index in [2.05, 4.69) is 32.7 Å². The second-order valence-electron chi connectivity index (χ2n) is 16.0. The van der Waals surface area contributed by atoms with Crippen LogP contribution in [0.1, 0.15) is 66.6 Å². The number of ether oxygens (including phenoxy) is 2. The third-order valence-electron chi connectivity index (χ3n) is 10.6. The molecule has 58 heavy (non-hydrogen) atoms. The minimum atomic E-state index is -0.171. The fraction of sp³-hybridized carbons (Fsp3) is 0.558. The van der Waals surface area contributed by atoms with E-state index in [-0.39, 0.29) is 53.3 Å². The number of ketones is 1. The first-order chi connectivity index (χ1) is 27.8. The van der Waals surface area contributed by atoms with Crippen LogP contribution in [-0.4, -0.2) is 136 Å². The molecule has 14 nitrogen and oxygen atoms in total. The molecule has 6 N–H and O–H groups in total. The fourth-order valence-corrected chi connectivity index (χ4v) is 7.70. The zero-order valence-corrected chi connectivity index (χ0v) is 35.7. The lowest BCUT2D eigenvalue weighted by atomic mass is 9.89. The van der Waals surface area contributed by atoms with Gasteiger partial charge in [-0.05, 0) is 102 Å².